The molecule has 3 aliphatic heterocycles. The first-order chi connectivity index (χ1) is 46.2. The highest BCUT2D eigenvalue weighted by atomic mass is 32.2. The normalized spacial score (nSPS) is 22.6. The predicted octanol–water partition coefficient (Wildman–Crippen LogP) is -1.61. The van der Waals surface area contributed by atoms with Gasteiger partial charge in [-0.25, -0.2) is 4.79 Å². The first kappa shape index (κ1) is 74.3. The van der Waals surface area contributed by atoms with Crippen LogP contribution in [-0.2, 0) is 83.2 Å². The minimum Gasteiger partial charge on any atom is -0.508 e. The number of aromatic hydroxyl groups is 1. The highest BCUT2D eigenvalue weighted by molar-refractivity contribution is 8.00. The zero-order valence-electron chi connectivity index (χ0n) is 54.2. The second-order valence-corrected chi connectivity index (χ2v) is 25.6. The molecular weight excluding hydrogens is 1260 g/mol. The van der Waals surface area contributed by atoms with Gasteiger partial charge in [-0.1, -0.05) is 55.8 Å². The molecule has 96 heavy (non-hydrogen) atoms. The number of aromatic nitrogens is 4. The van der Waals surface area contributed by atoms with Crippen molar-refractivity contribution in [3.63, 3.8) is 0 Å². The van der Waals surface area contributed by atoms with Gasteiger partial charge in [0.1, 0.15) is 48.6 Å². The van der Waals surface area contributed by atoms with Gasteiger partial charge < -0.3 is 94.3 Å². The number of H-pyrrole nitrogens is 1. The standard InChI is InChI=1S/C63H92N18O14S/c1-37(2)28-46-58(88)74-45(13-9-20-68-62(65)66)57(87)70-33-53(84)71-47(29-38-16-18-41(82)19-17-38)59(89)76-48(30-39-32-69-43-11-4-3-10-42(39)43)60(90)73-44(56(64)86)12-7-8-22-81-34-40(79-80-81)31-49(61(91)75-46)72-54(85)35-95-27-26-94-25-24-93-23-21-67-52(83)15-6-5-14-51-55-50(36-96-51)77-63(92)78-55/h3-4,10-11,16-19,32,34,37,44-51,55,69,82H,5-9,12-15,20-31,33,35-36H2,1-2H3,(H2,64,86)(H,67,83)(H,70,87)(H,71,84)(H,72,85)(H,73,90)(H,74,88)(H,75,91)(H,76,89)(H4,65,66,68)(H2,77,78,92)/t44-,45+,46+,47+,48+,49-,50+,51+,55+/m0/s1. The highest BCUT2D eigenvalue weighted by Gasteiger charge is 2.43. The molecule has 0 radical (unpaired) electrons. The lowest BCUT2D eigenvalue weighted by Gasteiger charge is -2.26. The van der Waals surface area contributed by atoms with Crippen molar-refractivity contribution in [1.82, 2.24) is 78.5 Å². The monoisotopic (exact) mass is 1360 g/mol. The molecule has 3 aliphatic rings. The van der Waals surface area contributed by atoms with Crippen LogP contribution in [0, 0.1) is 11.3 Å². The second kappa shape index (κ2) is 38.5. The number of phenolic OH excluding ortho intramolecular Hbond substituents is 1. The maximum Gasteiger partial charge on any atom is 0.315 e. The molecule has 11 amide bonds. The average molecular weight is 1360 g/mol. The number of unbranched alkanes of at least 4 members (excludes halogenated alkanes) is 1. The molecule has 9 atom stereocenters. The van der Waals surface area contributed by atoms with E-state index in [1.807, 2.05) is 49.9 Å². The van der Waals surface area contributed by atoms with Gasteiger partial charge in [-0.15, -0.1) is 5.10 Å². The minimum atomic E-state index is -1.39. The van der Waals surface area contributed by atoms with E-state index in [9.17, 15) is 53.1 Å². The minimum absolute atomic E-state index is 0.000964. The van der Waals surface area contributed by atoms with Gasteiger partial charge in [-0.05, 0) is 86.6 Å². The summed E-state index contributed by atoms with van der Waals surface area (Å²) in [7, 11) is 0. The van der Waals surface area contributed by atoms with E-state index in [0.717, 1.165) is 35.9 Å². The Morgan fingerprint density at radius 3 is 2.21 bits per heavy atom. The summed E-state index contributed by atoms with van der Waals surface area (Å²) in [6, 6.07) is 5.49. The van der Waals surface area contributed by atoms with Gasteiger partial charge in [0, 0.05) is 79.6 Å². The lowest BCUT2D eigenvalue weighted by molar-refractivity contribution is -0.135. The number of ether oxygens (including phenoxy) is 3. The number of hydrogen-bond donors (Lipinski definition) is 16. The third-order valence-corrected chi connectivity index (χ3v) is 17.7. The van der Waals surface area contributed by atoms with Crippen molar-refractivity contribution in [1.29, 1.82) is 5.41 Å². The molecule has 4 aromatic rings. The third-order valence-electron chi connectivity index (χ3n) is 16.2. The molecule has 18 N–H and O–H groups in total. The van der Waals surface area contributed by atoms with Crippen LogP contribution in [0.5, 0.6) is 5.75 Å². The Morgan fingerprint density at radius 2 is 1.45 bits per heavy atom. The van der Waals surface area contributed by atoms with Crippen molar-refractivity contribution in [3.05, 3.63) is 77.7 Å². The number of primary amides is 1. The zero-order valence-corrected chi connectivity index (χ0v) is 55.0. The van der Waals surface area contributed by atoms with Crippen LogP contribution in [0.1, 0.15) is 94.9 Å². The predicted molar refractivity (Wildman–Crippen MR) is 353 cm³/mol. The van der Waals surface area contributed by atoms with Gasteiger partial charge >= 0.3 is 6.03 Å². The maximum absolute atomic E-state index is 14.5. The Hall–Kier alpha value is -9.08. The molecule has 2 aromatic heterocycles. The zero-order chi connectivity index (χ0) is 68.9. The van der Waals surface area contributed by atoms with Gasteiger partial charge in [0.2, 0.25) is 53.2 Å². The van der Waals surface area contributed by atoms with Gasteiger partial charge in [0.15, 0.2) is 5.96 Å². The summed E-state index contributed by atoms with van der Waals surface area (Å²) in [5.41, 5.74) is 13.6. The van der Waals surface area contributed by atoms with Crippen molar-refractivity contribution < 1.29 is 67.3 Å². The number of aromatic amines is 1. The number of carbonyl (C=O) groups is 10. The van der Waals surface area contributed by atoms with Crippen molar-refractivity contribution >= 4 is 87.8 Å². The van der Waals surface area contributed by atoms with E-state index in [1.54, 1.807) is 24.5 Å². The van der Waals surface area contributed by atoms with E-state index in [-0.39, 0.29) is 138 Å². The highest BCUT2D eigenvalue weighted by Crippen LogP contribution is 2.33. The van der Waals surface area contributed by atoms with Crippen LogP contribution in [-0.4, -0.2) is 209 Å². The fourth-order valence-electron chi connectivity index (χ4n) is 11.3. The number of urea groups is 1. The van der Waals surface area contributed by atoms with E-state index in [0.29, 0.717) is 42.2 Å². The van der Waals surface area contributed by atoms with E-state index < -0.39 is 96.7 Å². The number of nitrogens with one attached hydrogen (secondary N) is 13. The Balaban J connectivity index is 0.994. The van der Waals surface area contributed by atoms with E-state index in [4.69, 9.17) is 31.1 Å². The van der Waals surface area contributed by atoms with Crippen molar-refractivity contribution in [3.8, 4) is 5.75 Å². The van der Waals surface area contributed by atoms with Gasteiger partial charge in [-0.3, -0.25) is 53.2 Å². The summed E-state index contributed by atoms with van der Waals surface area (Å²) in [6.07, 6.45) is 6.78. The quantitative estimate of drug-likeness (QED) is 0.0132. The van der Waals surface area contributed by atoms with Crippen molar-refractivity contribution in [2.45, 2.75) is 157 Å². The first-order valence-corrected chi connectivity index (χ1v) is 33.6. The lowest BCUT2D eigenvalue weighted by atomic mass is 10.0. The Bertz CT molecular complexity index is 3280. The average Bonchev–Trinajstić information content (AvgIpc) is 1.71. The maximum atomic E-state index is 14.5. The van der Waals surface area contributed by atoms with E-state index in [1.165, 1.54) is 16.8 Å². The molecule has 7 rings (SSSR count). The summed E-state index contributed by atoms with van der Waals surface area (Å²) >= 11 is 1.85. The Kier molecular flexibility index (Phi) is 29.8. The molecule has 0 unspecified atom stereocenters. The largest absolute Gasteiger partial charge is 0.508 e. The van der Waals surface area contributed by atoms with Gasteiger partial charge in [0.25, 0.3) is 0 Å². The van der Waals surface area contributed by atoms with Crippen LogP contribution in [0.15, 0.2) is 60.9 Å². The van der Waals surface area contributed by atoms with Crippen LogP contribution < -0.4 is 70.0 Å². The summed E-state index contributed by atoms with van der Waals surface area (Å²) in [5, 5.41) is 57.5. The fraction of sp³-hybridized carbons (Fsp3) is 0.571. The van der Waals surface area contributed by atoms with Crippen LogP contribution in [0.3, 0.4) is 0 Å². The van der Waals surface area contributed by atoms with Gasteiger partial charge in [0.05, 0.1) is 57.4 Å². The molecular formula is C63H92N18O14S. The number of phenols is 1. The smallest absolute Gasteiger partial charge is 0.315 e. The van der Waals surface area contributed by atoms with E-state index >= 15 is 0 Å². The number of guanidine groups is 1. The summed E-state index contributed by atoms with van der Waals surface area (Å²) in [6.45, 7) is 3.96. The molecule has 2 saturated heterocycles. The summed E-state index contributed by atoms with van der Waals surface area (Å²) < 4.78 is 18.3. The molecule has 2 bridgehead atoms. The van der Waals surface area contributed by atoms with Crippen LogP contribution in [0.25, 0.3) is 10.9 Å². The number of nitrogens with two attached hydrogens (primary N) is 2. The van der Waals surface area contributed by atoms with Crippen LogP contribution in [0.2, 0.25) is 0 Å². The number of thioether (sulfide) groups is 1. The number of amides is 11. The topological polar surface area (TPSA) is 473 Å². The molecule has 0 saturated carbocycles. The molecule has 32 nitrogen and oxygen atoms in total. The number of aryl methyl sites for hydroxylation is 1. The number of rotatable bonds is 28. The molecule has 5 heterocycles. The fourth-order valence-corrected chi connectivity index (χ4v) is 12.8. The molecule has 2 fully saturated rings. The molecule has 524 valence electrons. The first-order valence-electron chi connectivity index (χ1n) is 32.5. The number of hydrogen-bond acceptors (Lipinski definition) is 18. The van der Waals surface area contributed by atoms with Crippen LogP contribution in [0.4, 0.5) is 4.79 Å². The molecule has 0 aliphatic carbocycles. The number of benzene rings is 2. The Labute approximate surface area is 560 Å². The second-order valence-electron chi connectivity index (χ2n) is 24.3. The van der Waals surface area contributed by atoms with Crippen LogP contribution >= 0.6 is 11.8 Å². The molecule has 2 aromatic carbocycles. The summed E-state index contributed by atoms with van der Waals surface area (Å²) in [4.78, 5) is 140. The SMILES string of the molecule is CC(C)C[C@H]1NC(=O)[C@@H](NC(=O)COCCOCCOCCNC(=O)CCCC[C@H]2SC[C@H]3NC(=O)N[C@H]32)Cc2cn(nn2)CCCC[C@@H](C(N)=O)NC(=O)[C@@H](Cc2c[nH]c3ccccc23)NC(=O)[C@@H](Cc2ccc(O)cc2)NC(=O)CNC(=O)[C@@H](CCCNC(=N)N)NC1=O. The number of fused-ring (bicyclic) bond motifs is 4. The van der Waals surface area contributed by atoms with Gasteiger partial charge in [-0.2, -0.15) is 11.8 Å². The molecule has 33 heteroatoms. The lowest BCUT2D eigenvalue weighted by Crippen LogP contribution is -2.59. The summed E-state index contributed by atoms with van der Waals surface area (Å²) in [5.74, 6) is -6.11. The van der Waals surface area contributed by atoms with Crippen molar-refractivity contribution in [2.75, 3.05) is 65.0 Å². The molecule has 0 spiro atoms. The van der Waals surface area contributed by atoms with E-state index in [2.05, 4.69) is 73.8 Å². The number of para-hydroxylation sites is 1. The number of nitrogens with zero attached hydrogens (tertiary/aromatic N) is 3. The number of carbonyl (C=O) groups excluding carboxylic acids is 10. The van der Waals surface area contributed by atoms with Crippen molar-refractivity contribution in [2.24, 2.45) is 17.4 Å². The third kappa shape index (κ3) is 24.9. The Morgan fingerprint density at radius 1 is 0.740 bits per heavy atom.